The summed E-state index contributed by atoms with van der Waals surface area (Å²) in [4.78, 5) is 21.5. The summed E-state index contributed by atoms with van der Waals surface area (Å²) in [6.07, 6.45) is 0. The second-order valence-corrected chi connectivity index (χ2v) is 4.60. The molecular weight excluding hydrogens is 274 g/mol. The van der Waals surface area contributed by atoms with Crippen molar-refractivity contribution in [3.05, 3.63) is 63.2 Å². The van der Waals surface area contributed by atoms with Crippen LogP contribution in [0, 0.1) is 24.0 Å². The number of carboxylic acid groups (broad SMARTS) is 1. The lowest BCUT2D eigenvalue weighted by Gasteiger charge is -2.10. The Hall–Kier alpha value is -2.89. The van der Waals surface area contributed by atoms with Gasteiger partial charge in [0.1, 0.15) is 11.5 Å². The second-order valence-electron chi connectivity index (χ2n) is 4.60. The van der Waals surface area contributed by atoms with Crippen molar-refractivity contribution >= 4 is 11.7 Å². The molecule has 0 spiro atoms. The molecule has 2 aromatic rings. The van der Waals surface area contributed by atoms with Crippen LogP contribution in [0.4, 0.5) is 5.69 Å². The molecule has 2 rings (SSSR count). The lowest BCUT2D eigenvalue weighted by molar-refractivity contribution is -0.385. The molecule has 0 radical (unpaired) electrons. The summed E-state index contributed by atoms with van der Waals surface area (Å²) in [6, 6.07) is 9.45. The van der Waals surface area contributed by atoms with Gasteiger partial charge < -0.3 is 9.84 Å². The van der Waals surface area contributed by atoms with Gasteiger partial charge in [0.25, 0.3) is 5.69 Å². The van der Waals surface area contributed by atoms with Crippen LogP contribution in [-0.4, -0.2) is 16.0 Å². The number of hydrogen-bond donors (Lipinski definition) is 1. The van der Waals surface area contributed by atoms with E-state index >= 15 is 0 Å². The van der Waals surface area contributed by atoms with Crippen LogP contribution in [-0.2, 0) is 0 Å². The summed E-state index contributed by atoms with van der Waals surface area (Å²) in [7, 11) is 0. The number of nitro benzene ring substituents is 1. The number of carbonyl (C=O) groups is 1. The third kappa shape index (κ3) is 3.17. The third-order valence-corrected chi connectivity index (χ3v) is 2.99. The van der Waals surface area contributed by atoms with E-state index in [1.165, 1.54) is 13.0 Å². The number of carboxylic acids is 1. The van der Waals surface area contributed by atoms with Crippen molar-refractivity contribution in [3.8, 4) is 11.5 Å². The summed E-state index contributed by atoms with van der Waals surface area (Å²) in [5.41, 5.74) is 0.785. The average Bonchev–Trinajstić information content (AvgIpc) is 2.40. The van der Waals surface area contributed by atoms with E-state index in [1.807, 2.05) is 13.0 Å². The highest BCUT2D eigenvalue weighted by Gasteiger charge is 2.20. The fourth-order valence-electron chi connectivity index (χ4n) is 1.90. The minimum Gasteiger partial charge on any atom is -0.478 e. The third-order valence-electron chi connectivity index (χ3n) is 2.99. The maximum Gasteiger partial charge on any atom is 0.336 e. The first-order valence-corrected chi connectivity index (χ1v) is 6.15. The summed E-state index contributed by atoms with van der Waals surface area (Å²) in [6.45, 7) is 3.41. The summed E-state index contributed by atoms with van der Waals surface area (Å²) < 4.78 is 5.60. The second kappa shape index (κ2) is 5.62. The van der Waals surface area contributed by atoms with E-state index in [0.717, 1.165) is 11.6 Å². The molecule has 0 aliphatic carbocycles. The zero-order valence-electron chi connectivity index (χ0n) is 11.5. The molecule has 0 heterocycles. The standard InChI is InChI=1S/C15H13NO5/c1-9-4-3-5-12(6-9)21-14-8-11(15(17)18)7-13(10(14)2)16(19)20/h3-8H,1-2H3,(H,17,18). The maximum atomic E-state index is 11.1. The summed E-state index contributed by atoms with van der Waals surface area (Å²) >= 11 is 0. The highest BCUT2D eigenvalue weighted by molar-refractivity contribution is 5.89. The molecule has 0 bridgehead atoms. The van der Waals surface area contributed by atoms with Crippen molar-refractivity contribution in [2.75, 3.05) is 0 Å². The van der Waals surface area contributed by atoms with Crippen LogP contribution in [0.3, 0.4) is 0 Å². The van der Waals surface area contributed by atoms with Crippen LogP contribution in [0.2, 0.25) is 0 Å². The molecule has 0 unspecified atom stereocenters. The fourth-order valence-corrected chi connectivity index (χ4v) is 1.90. The molecule has 6 nitrogen and oxygen atoms in total. The van der Waals surface area contributed by atoms with Gasteiger partial charge in [-0.2, -0.15) is 0 Å². The number of aromatic carboxylic acids is 1. The quantitative estimate of drug-likeness (QED) is 0.684. The monoisotopic (exact) mass is 287 g/mol. The highest BCUT2D eigenvalue weighted by Crippen LogP contribution is 2.33. The van der Waals surface area contributed by atoms with Gasteiger partial charge in [0, 0.05) is 6.07 Å². The van der Waals surface area contributed by atoms with Crippen LogP contribution in [0.1, 0.15) is 21.5 Å². The number of nitro groups is 1. The van der Waals surface area contributed by atoms with Crippen LogP contribution in [0.15, 0.2) is 36.4 Å². The van der Waals surface area contributed by atoms with Crippen molar-refractivity contribution in [1.82, 2.24) is 0 Å². The van der Waals surface area contributed by atoms with Crippen LogP contribution < -0.4 is 4.74 Å². The minimum atomic E-state index is -1.24. The molecule has 0 amide bonds. The molecule has 0 saturated carbocycles. The molecule has 1 N–H and O–H groups in total. The molecule has 0 atom stereocenters. The van der Waals surface area contributed by atoms with E-state index in [4.69, 9.17) is 9.84 Å². The molecule has 6 heteroatoms. The number of rotatable bonds is 4. The predicted octanol–water partition coefficient (Wildman–Crippen LogP) is 3.70. The molecule has 0 aliphatic heterocycles. The van der Waals surface area contributed by atoms with Gasteiger partial charge in [-0.05, 0) is 37.6 Å². The first kappa shape index (κ1) is 14.5. The summed E-state index contributed by atoms with van der Waals surface area (Å²) in [5.74, 6) is -0.589. The van der Waals surface area contributed by atoms with Gasteiger partial charge in [-0.1, -0.05) is 12.1 Å². The Bertz CT molecular complexity index is 724. The van der Waals surface area contributed by atoms with E-state index in [2.05, 4.69) is 0 Å². The topological polar surface area (TPSA) is 89.7 Å². The first-order chi connectivity index (χ1) is 9.88. The number of ether oxygens (including phenoxy) is 1. The molecule has 108 valence electrons. The van der Waals surface area contributed by atoms with Crippen molar-refractivity contribution in [2.24, 2.45) is 0 Å². The van der Waals surface area contributed by atoms with Gasteiger partial charge in [0.15, 0.2) is 0 Å². The maximum absolute atomic E-state index is 11.1. The number of hydrogen-bond acceptors (Lipinski definition) is 4. The average molecular weight is 287 g/mol. The SMILES string of the molecule is Cc1cccc(Oc2cc(C(=O)O)cc([N+](=O)[O-])c2C)c1. The van der Waals surface area contributed by atoms with Crippen LogP contribution in [0.25, 0.3) is 0 Å². The van der Waals surface area contributed by atoms with E-state index in [9.17, 15) is 14.9 Å². The normalized spacial score (nSPS) is 10.2. The molecule has 0 aliphatic rings. The van der Waals surface area contributed by atoms with Gasteiger partial charge in [-0.25, -0.2) is 4.79 Å². The van der Waals surface area contributed by atoms with Crippen molar-refractivity contribution in [2.45, 2.75) is 13.8 Å². The van der Waals surface area contributed by atoms with Gasteiger partial charge >= 0.3 is 5.97 Å². The van der Waals surface area contributed by atoms with Crippen LogP contribution in [0.5, 0.6) is 11.5 Å². The molecule has 0 aromatic heterocycles. The van der Waals surface area contributed by atoms with Crippen molar-refractivity contribution in [3.63, 3.8) is 0 Å². The lowest BCUT2D eigenvalue weighted by Crippen LogP contribution is -2.02. The summed E-state index contributed by atoms with van der Waals surface area (Å²) in [5, 5.41) is 20.1. The first-order valence-electron chi connectivity index (χ1n) is 6.15. The van der Waals surface area contributed by atoms with Gasteiger partial charge in [0.2, 0.25) is 0 Å². The van der Waals surface area contributed by atoms with E-state index in [0.29, 0.717) is 5.75 Å². The van der Waals surface area contributed by atoms with Crippen molar-refractivity contribution < 1.29 is 19.6 Å². The smallest absolute Gasteiger partial charge is 0.336 e. The molecule has 21 heavy (non-hydrogen) atoms. The Morgan fingerprint density at radius 1 is 1.24 bits per heavy atom. The molecule has 2 aromatic carbocycles. The Kier molecular flexibility index (Phi) is 3.89. The highest BCUT2D eigenvalue weighted by atomic mass is 16.6. The molecular formula is C15H13NO5. The zero-order valence-corrected chi connectivity index (χ0v) is 11.5. The van der Waals surface area contributed by atoms with E-state index in [-0.39, 0.29) is 22.6 Å². The minimum absolute atomic E-state index is 0.159. The lowest BCUT2D eigenvalue weighted by atomic mass is 10.1. The number of aryl methyl sites for hydroxylation is 1. The Balaban J connectivity index is 2.51. The number of nitrogens with zero attached hydrogens (tertiary/aromatic N) is 1. The number of benzene rings is 2. The molecule has 0 saturated heterocycles. The predicted molar refractivity (Wildman–Crippen MR) is 76.0 cm³/mol. The Morgan fingerprint density at radius 3 is 2.52 bits per heavy atom. The van der Waals surface area contributed by atoms with Crippen LogP contribution >= 0.6 is 0 Å². The fraction of sp³-hybridized carbons (Fsp3) is 0.133. The Labute approximate surface area is 120 Å². The molecule has 0 fully saturated rings. The van der Waals surface area contributed by atoms with Gasteiger partial charge in [-0.3, -0.25) is 10.1 Å². The van der Waals surface area contributed by atoms with Crippen molar-refractivity contribution in [1.29, 1.82) is 0 Å². The van der Waals surface area contributed by atoms with Gasteiger partial charge in [0.05, 0.1) is 16.1 Å². The van der Waals surface area contributed by atoms with E-state index in [1.54, 1.807) is 18.2 Å². The zero-order chi connectivity index (χ0) is 15.6. The van der Waals surface area contributed by atoms with Gasteiger partial charge in [-0.15, -0.1) is 0 Å². The van der Waals surface area contributed by atoms with E-state index < -0.39 is 10.9 Å². The Morgan fingerprint density at radius 2 is 1.95 bits per heavy atom. The largest absolute Gasteiger partial charge is 0.478 e.